The van der Waals surface area contributed by atoms with Gasteiger partial charge in [-0.15, -0.1) is 0 Å². The van der Waals surface area contributed by atoms with Crippen LogP contribution in [0.2, 0.25) is 0 Å². The Labute approximate surface area is 127 Å². The summed E-state index contributed by atoms with van der Waals surface area (Å²) in [7, 11) is 0. The van der Waals surface area contributed by atoms with Crippen molar-refractivity contribution in [2.24, 2.45) is 0 Å². The van der Waals surface area contributed by atoms with E-state index in [0.29, 0.717) is 0 Å². The van der Waals surface area contributed by atoms with Crippen molar-refractivity contribution in [3.63, 3.8) is 0 Å². The van der Waals surface area contributed by atoms with Crippen molar-refractivity contribution in [1.82, 2.24) is 20.8 Å². The van der Waals surface area contributed by atoms with Gasteiger partial charge in [0, 0.05) is 18.0 Å². The Morgan fingerprint density at radius 3 is 2.09 bits per heavy atom. The number of rotatable bonds is 2. The molecule has 0 saturated heterocycles. The number of amides is 2. The summed E-state index contributed by atoms with van der Waals surface area (Å²) in [5, 5.41) is 0. The smallest absolute Gasteiger partial charge is 0.382 e. The molecule has 120 valence electrons. The van der Waals surface area contributed by atoms with E-state index < -0.39 is 23.6 Å². The van der Waals surface area contributed by atoms with E-state index in [0.717, 1.165) is 24.3 Å². The third kappa shape index (κ3) is 3.93. The maximum atomic E-state index is 12.4. The van der Waals surface area contributed by atoms with Crippen LogP contribution in [0.3, 0.4) is 0 Å². The number of hydrazine groups is 1. The van der Waals surface area contributed by atoms with Crippen molar-refractivity contribution in [3.05, 3.63) is 53.5 Å². The van der Waals surface area contributed by atoms with E-state index in [-0.39, 0.29) is 17.1 Å². The molecule has 10 heteroatoms. The predicted octanol–water partition coefficient (Wildman–Crippen LogP) is 1.15. The van der Waals surface area contributed by atoms with Crippen molar-refractivity contribution in [3.8, 4) is 0 Å². The molecule has 4 N–H and O–H groups in total. The van der Waals surface area contributed by atoms with Crippen LogP contribution in [0.1, 0.15) is 26.4 Å². The summed E-state index contributed by atoms with van der Waals surface area (Å²) in [6, 6.07) is 3.50. The van der Waals surface area contributed by atoms with Gasteiger partial charge < -0.3 is 5.73 Å². The van der Waals surface area contributed by atoms with E-state index in [1.807, 2.05) is 10.9 Å². The minimum atomic E-state index is -4.49. The SMILES string of the molecule is Nc1nccnc1C(=O)NNC(=O)c1ccc(C(F)(F)F)cc1. The second kappa shape index (κ2) is 6.30. The third-order valence-corrected chi connectivity index (χ3v) is 2.71. The van der Waals surface area contributed by atoms with Crippen molar-refractivity contribution in [1.29, 1.82) is 0 Å². The summed E-state index contributed by atoms with van der Waals surface area (Å²) < 4.78 is 37.3. The van der Waals surface area contributed by atoms with E-state index in [4.69, 9.17) is 5.73 Å². The van der Waals surface area contributed by atoms with E-state index >= 15 is 0 Å². The molecule has 0 bridgehead atoms. The molecule has 0 aliphatic carbocycles. The van der Waals surface area contributed by atoms with Gasteiger partial charge in [0.2, 0.25) is 0 Å². The third-order valence-electron chi connectivity index (χ3n) is 2.71. The zero-order chi connectivity index (χ0) is 17.0. The minimum absolute atomic E-state index is 0.0644. The highest BCUT2D eigenvalue weighted by atomic mass is 19.4. The first-order valence-electron chi connectivity index (χ1n) is 6.13. The van der Waals surface area contributed by atoms with Gasteiger partial charge in [-0.3, -0.25) is 20.4 Å². The number of nitrogens with zero attached hydrogens (tertiary/aromatic N) is 2. The van der Waals surface area contributed by atoms with Crippen LogP contribution in [-0.2, 0) is 6.18 Å². The van der Waals surface area contributed by atoms with Crippen molar-refractivity contribution in [2.75, 3.05) is 5.73 Å². The van der Waals surface area contributed by atoms with Gasteiger partial charge >= 0.3 is 6.18 Å². The lowest BCUT2D eigenvalue weighted by molar-refractivity contribution is -0.137. The van der Waals surface area contributed by atoms with Crippen LogP contribution in [0.4, 0.5) is 19.0 Å². The van der Waals surface area contributed by atoms with E-state index in [9.17, 15) is 22.8 Å². The van der Waals surface area contributed by atoms with Gasteiger partial charge in [-0.25, -0.2) is 9.97 Å². The lowest BCUT2D eigenvalue weighted by Gasteiger charge is -2.09. The Bertz CT molecular complexity index is 731. The Morgan fingerprint density at radius 2 is 1.52 bits per heavy atom. The van der Waals surface area contributed by atoms with E-state index in [1.54, 1.807) is 0 Å². The van der Waals surface area contributed by atoms with Crippen LogP contribution < -0.4 is 16.6 Å². The summed E-state index contributed by atoms with van der Waals surface area (Å²) in [6.07, 6.45) is -1.97. The fraction of sp³-hybridized carbons (Fsp3) is 0.0769. The molecule has 0 spiro atoms. The summed E-state index contributed by atoms with van der Waals surface area (Å²) in [4.78, 5) is 30.8. The van der Waals surface area contributed by atoms with Gasteiger partial charge in [-0.05, 0) is 24.3 Å². The molecule has 2 aromatic rings. The van der Waals surface area contributed by atoms with Gasteiger partial charge in [0.15, 0.2) is 11.5 Å². The number of alkyl halides is 3. The Kier molecular flexibility index (Phi) is 4.44. The number of halogens is 3. The number of hydrogen-bond acceptors (Lipinski definition) is 5. The quantitative estimate of drug-likeness (QED) is 0.718. The first-order chi connectivity index (χ1) is 10.8. The number of aromatic nitrogens is 2. The molecule has 0 atom stereocenters. The second-order valence-corrected chi connectivity index (χ2v) is 4.27. The van der Waals surface area contributed by atoms with Gasteiger partial charge in [0.05, 0.1) is 5.56 Å². The molecule has 0 aliphatic heterocycles. The van der Waals surface area contributed by atoms with Crippen molar-refractivity contribution >= 4 is 17.6 Å². The number of carbonyl (C=O) groups excluding carboxylic acids is 2. The fourth-order valence-corrected chi connectivity index (χ4v) is 1.58. The normalized spacial score (nSPS) is 10.9. The van der Waals surface area contributed by atoms with Gasteiger partial charge in [-0.1, -0.05) is 0 Å². The molecule has 2 rings (SSSR count). The zero-order valence-corrected chi connectivity index (χ0v) is 11.4. The van der Waals surface area contributed by atoms with Crippen LogP contribution in [0.15, 0.2) is 36.7 Å². The van der Waals surface area contributed by atoms with Crippen LogP contribution in [0, 0.1) is 0 Å². The number of carbonyl (C=O) groups is 2. The maximum absolute atomic E-state index is 12.4. The van der Waals surface area contributed by atoms with E-state index in [2.05, 4.69) is 9.97 Å². The molecule has 2 amide bonds. The molecule has 0 saturated carbocycles. The molecule has 0 unspecified atom stereocenters. The van der Waals surface area contributed by atoms with Gasteiger partial charge in [-0.2, -0.15) is 13.2 Å². The maximum Gasteiger partial charge on any atom is 0.416 e. The summed E-state index contributed by atoms with van der Waals surface area (Å²) in [5.41, 5.74) is 8.38. The monoisotopic (exact) mass is 325 g/mol. The summed E-state index contributed by atoms with van der Waals surface area (Å²) in [6.45, 7) is 0. The highest BCUT2D eigenvalue weighted by Crippen LogP contribution is 2.28. The lowest BCUT2D eigenvalue weighted by atomic mass is 10.1. The van der Waals surface area contributed by atoms with Crippen LogP contribution in [-0.4, -0.2) is 21.8 Å². The molecule has 1 aromatic heterocycles. The number of nitrogen functional groups attached to an aromatic ring is 1. The lowest BCUT2D eigenvalue weighted by Crippen LogP contribution is -2.42. The molecule has 0 aliphatic rings. The summed E-state index contributed by atoms with van der Waals surface area (Å²) >= 11 is 0. The number of anilines is 1. The van der Waals surface area contributed by atoms with Crippen molar-refractivity contribution < 1.29 is 22.8 Å². The molecule has 1 heterocycles. The largest absolute Gasteiger partial charge is 0.416 e. The minimum Gasteiger partial charge on any atom is -0.382 e. The predicted molar refractivity (Wildman–Crippen MR) is 72.8 cm³/mol. The highest BCUT2D eigenvalue weighted by molar-refractivity contribution is 6.00. The topological polar surface area (TPSA) is 110 Å². The first kappa shape index (κ1) is 16.2. The number of hydrogen-bond donors (Lipinski definition) is 3. The second-order valence-electron chi connectivity index (χ2n) is 4.27. The van der Waals surface area contributed by atoms with Gasteiger partial charge in [0.1, 0.15) is 0 Å². The fourth-order valence-electron chi connectivity index (χ4n) is 1.58. The van der Waals surface area contributed by atoms with Crippen molar-refractivity contribution in [2.45, 2.75) is 6.18 Å². The highest BCUT2D eigenvalue weighted by Gasteiger charge is 2.30. The molecular weight excluding hydrogens is 315 g/mol. The first-order valence-corrected chi connectivity index (χ1v) is 6.13. The molecule has 1 aromatic carbocycles. The van der Waals surface area contributed by atoms with Crippen LogP contribution in [0.5, 0.6) is 0 Å². The Balaban J connectivity index is 2.00. The standard InChI is InChI=1S/C13H10F3N5O2/c14-13(15,16)8-3-1-7(2-4-8)11(22)20-21-12(23)9-10(17)19-6-5-18-9/h1-6H,(H2,17,19)(H,20,22)(H,21,23). The number of nitrogens with two attached hydrogens (primary N) is 1. The van der Waals surface area contributed by atoms with Crippen LogP contribution >= 0.6 is 0 Å². The summed E-state index contributed by atoms with van der Waals surface area (Å²) in [5.74, 6) is -1.74. The molecule has 7 nitrogen and oxygen atoms in total. The molecular formula is C13H10F3N5O2. The average Bonchev–Trinajstić information content (AvgIpc) is 2.52. The Hall–Kier alpha value is -3.17. The van der Waals surface area contributed by atoms with Crippen LogP contribution in [0.25, 0.3) is 0 Å². The molecule has 23 heavy (non-hydrogen) atoms. The Morgan fingerprint density at radius 1 is 0.957 bits per heavy atom. The average molecular weight is 325 g/mol. The molecule has 0 radical (unpaired) electrons. The molecule has 0 fully saturated rings. The van der Waals surface area contributed by atoms with E-state index in [1.165, 1.54) is 12.4 Å². The number of benzene rings is 1. The van der Waals surface area contributed by atoms with Gasteiger partial charge in [0.25, 0.3) is 11.8 Å². The number of nitrogens with one attached hydrogen (secondary N) is 2. The zero-order valence-electron chi connectivity index (χ0n) is 11.4.